The maximum atomic E-state index is 14.1. The van der Waals surface area contributed by atoms with Gasteiger partial charge in [0, 0.05) is 14.6 Å². The molecule has 3 fully saturated rings. The molecule has 0 aliphatic heterocycles. The van der Waals surface area contributed by atoms with E-state index in [1.165, 1.54) is 0 Å². The summed E-state index contributed by atoms with van der Waals surface area (Å²) in [5.41, 5.74) is -1.77. The van der Waals surface area contributed by atoms with E-state index in [1.54, 1.807) is 6.92 Å². The average Bonchev–Trinajstić information content (AvgIpc) is 3.26. The van der Waals surface area contributed by atoms with Crippen molar-refractivity contribution in [3.05, 3.63) is 47.6 Å². The van der Waals surface area contributed by atoms with Gasteiger partial charge in [0.15, 0.2) is 0 Å². The molecule has 0 aromatic rings. The second kappa shape index (κ2) is 12.0. The van der Waals surface area contributed by atoms with Crippen molar-refractivity contribution in [3.8, 4) is 0 Å². The fourth-order valence-corrected chi connectivity index (χ4v) is 7.60. The van der Waals surface area contributed by atoms with Gasteiger partial charge in [-0.05, 0) is 111 Å². The van der Waals surface area contributed by atoms with Gasteiger partial charge in [0.25, 0.3) is 0 Å². The molecule has 0 bridgehead atoms. The van der Waals surface area contributed by atoms with E-state index in [9.17, 15) is 38.0 Å². The molecule has 40 heavy (non-hydrogen) atoms. The number of alkyl halides is 4. The SMILES string of the molecule is [2H]C([2H])([2H])C(O)(CCCC(C)(CC=CC(O)(F)C(F)(F)F)[C@H]1CCC2C(=CC=C3C[C@@H](O)C[C@H](O)C3=C)CCC[C@@]21C)C([2H])([2H])[2H]. The van der Waals surface area contributed by atoms with Gasteiger partial charge in [-0.25, -0.2) is 0 Å². The predicted octanol–water partition coefficient (Wildman–Crippen LogP) is 7.24. The number of rotatable bonds is 9. The maximum Gasteiger partial charge on any atom is 0.452 e. The predicted molar refractivity (Wildman–Crippen MR) is 149 cm³/mol. The Hall–Kier alpha value is -1.48. The third-order valence-corrected chi connectivity index (χ3v) is 9.68. The van der Waals surface area contributed by atoms with Gasteiger partial charge >= 0.3 is 12.0 Å². The Balaban J connectivity index is 1.95. The number of hydrogen-bond donors (Lipinski definition) is 4. The summed E-state index contributed by atoms with van der Waals surface area (Å²) in [6, 6.07) is 0. The van der Waals surface area contributed by atoms with Crippen LogP contribution in [0.25, 0.3) is 0 Å². The molecular weight excluding hydrogens is 524 g/mol. The number of halogens is 4. The molecule has 0 radical (unpaired) electrons. The normalized spacial score (nSPS) is 38.1. The number of fused-ring (bicyclic) bond motifs is 1. The first-order chi connectivity index (χ1) is 20.8. The fourth-order valence-electron chi connectivity index (χ4n) is 7.60. The Bertz CT molecular complexity index is 1190. The van der Waals surface area contributed by atoms with E-state index in [0.717, 1.165) is 42.9 Å². The molecule has 228 valence electrons. The summed E-state index contributed by atoms with van der Waals surface area (Å²) in [6.07, 6.45) is 1.55. The molecule has 0 aromatic heterocycles. The van der Waals surface area contributed by atoms with E-state index in [0.29, 0.717) is 18.4 Å². The van der Waals surface area contributed by atoms with Crippen LogP contribution in [0.4, 0.5) is 17.6 Å². The van der Waals surface area contributed by atoms with Crippen molar-refractivity contribution >= 4 is 0 Å². The van der Waals surface area contributed by atoms with Crippen LogP contribution in [0, 0.1) is 22.7 Å². The zero-order valence-corrected chi connectivity index (χ0v) is 23.4. The topological polar surface area (TPSA) is 80.9 Å². The number of aliphatic hydroxyl groups excluding tert-OH is 2. The molecule has 3 aliphatic carbocycles. The smallest absolute Gasteiger partial charge is 0.393 e. The standard InChI is InChI=1S/C32H48F4O4/c1-21-23(19-24(37)20-26(21)38)11-10-22-9-6-17-30(5)25(22)12-13-27(30)29(4,15-7-14-28(2,3)39)16-8-18-31(33,40)32(34,35)36/h8,10-11,18,24-27,37-40H,1,6-7,9,12-17,19-20H2,2-5H3/t24-,25?,26+,27-,29?,30+,31?/m1/s1/i2D3,3D3. The van der Waals surface area contributed by atoms with Crippen LogP contribution in [0.5, 0.6) is 0 Å². The summed E-state index contributed by atoms with van der Waals surface area (Å²) in [7, 11) is 0. The van der Waals surface area contributed by atoms with Gasteiger partial charge in [0.2, 0.25) is 0 Å². The van der Waals surface area contributed by atoms with Crippen molar-refractivity contribution in [2.45, 2.75) is 128 Å². The minimum absolute atomic E-state index is 0.0689. The Labute approximate surface area is 245 Å². The van der Waals surface area contributed by atoms with E-state index in [2.05, 4.69) is 13.5 Å². The van der Waals surface area contributed by atoms with Crippen molar-refractivity contribution in [1.82, 2.24) is 0 Å². The molecule has 7 atom stereocenters. The van der Waals surface area contributed by atoms with Crippen molar-refractivity contribution < 1.29 is 46.2 Å². The molecule has 3 unspecified atom stereocenters. The number of allylic oxidation sites excluding steroid dienone is 4. The molecule has 0 amide bonds. The molecule has 3 aliphatic rings. The molecule has 4 nitrogen and oxygen atoms in total. The summed E-state index contributed by atoms with van der Waals surface area (Å²) in [5, 5.41) is 40.6. The molecule has 0 aromatic carbocycles. The Morgan fingerprint density at radius 1 is 1.10 bits per heavy atom. The van der Waals surface area contributed by atoms with Gasteiger partial charge < -0.3 is 20.4 Å². The van der Waals surface area contributed by atoms with Crippen LogP contribution in [0.3, 0.4) is 0 Å². The van der Waals surface area contributed by atoms with E-state index >= 15 is 0 Å². The Morgan fingerprint density at radius 3 is 2.45 bits per heavy atom. The first-order valence-corrected chi connectivity index (χ1v) is 14.1. The summed E-state index contributed by atoms with van der Waals surface area (Å²) >= 11 is 0. The van der Waals surface area contributed by atoms with Crippen molar-refractivity contribution in [2.75, 3.05) is 0 Å². The minimum atomic E-state index is -5.55. The minimum Gasteiger partial charge on any atom is -0.393 e. The highest BCUT2D eigenvalue weighted by Crippen LogP contribution is 2.63. The summed E-state index contributed by atoms with van der Waals surface area (Å²) in [5.74, 6) is -4.63. The second-order valence-corrected chi connectivity index (χ2v) is 12.8. The van der Waals surface area contributed by atoms with Gasteiger partial charge in [0.05, 0.1) is 17.8 Å². The van der Waals surface area contributed by atoms with E-state index in [4.69, 9.17) is 8.22 Å². The lowest BCUT2D eigenvalue weighted by Crippen LogP contribution is -2.42. The van der Waals surface area contributed by atoms with Gasteiger partial charge in [-0.3, -0.25) is 0 Å². The fraction of sp³-hybridized carbons (Fsp3) is 0.750. The van der Waals surface area contributed by atoms with Crippen molar-refractivity contribution in [1.29, 1.82) is 0 Å². The summed E-state index contributed by atoms with van der Waals surface area (Å²) < 4.78 is 99.4. The third kappa shape index (κ3) is 7.47. The first-order valence-electron chi connectivity index (χ1n) is 17.1. The summed E-state index contributed by atoms with van der Waals surface area (Å²) in [4.78, 5) is 0. The van der Waals surface area contributed by atoms with Crippen molar-refractivity contribution in [3.63, 3.8) is 0 Å². The molecule has 4 N–H and O–H groups in total. The molecule has 0 saturated heterocycles. The van der Waals surface area contributed by atoms with Crippen molar-refractivity contribution in [2.24, 2.45) is 22.7 Å². The highest BCUT2D eigenvalue weighted by molar-refractivity contribution is 5.38. The number of hydrogen-bond acceptors (Lipinski definition) is 4. The van der Waals surface area contributed by atoms with E-state index in [1.807, 2.05) is 12.2 Å². The zero-order chi connectivity index (χ0) is 35.1. The van der Waals surface area contributed by atoms with Gasteiger partial charge in [0.1, 0.15) is 0 Å². The lowest BCUT2D eigenvalue weighted by molar-refractivity contribution is -0.290. The highest BCUT2D eigenvalue weighted by Gasteiger charge is 2.56. The van der Waals surface area contributed by atoms with E-state index in [-0.39, 0.29) is 49.0 Å². The molecule has 8 heteroatoms. The Kier molecular flexibility index (Phi) is 7.53. The number of aliphatic hydroxyl groups is 4. The van der Waals surface area contributed by atoms with E-state index < -0.39 is 55.4 Å². The highest BCUT2D eigenvalue weighted by atomic mass is 19.4. The third-order valence-electron chi connectivity index (χ3n) is 9.68. The van der Waals surface area contributed by atoms with Gasteiger partial charge in [-0.1, -0.05) is 50.6 Å². The van der Waals surface area contributed by atoms with Crippen LogP contribution >= 0.6 is 0 Å². The average molecular weight is 579 g/mol. The molecular formula is C32H48F4O4. The molecule has 3 saturated carbocycles. The van der Waals surface area contributed by atoms with Crippen LogP contribution in [0.15, 0.2) is 47.6 Å². The van der Waals surface area contributed by atoms with Gasteiger partial charge in [-0.15, -0.1) is 0 Å². The largest absolute Gasteiger partial charge is 0.452 e. The summed E-state index contributed by atoms with van der Waals surface area (Å²) in [6.45, 7) is 1.44. The second-order valence-electron chi connectivity index (χ2n) is 12.8. The van der Waals surface area contributed by atoms with Gasteiger partial charge in [-0.2, -0.15) is 17.6 Å². The zero-order valence-electron chi connectivity index (χ0n) is 29.4. The van der Waals surface area contributed by atoms with Crippen LogP contribution in [-0.2, 0) is 0 Å². The van der Waals surface area contributed by atoms with Crippen LogP contribution in [-0.4, -0.2) is 50.3 Å². The first kappa shape index (κ1) is 25.1. The van der Waals surface area contributed by atoms with Crippen LogP contribution in [0.1, 0.15) is 106 Å². The van der Waals surface area contributed by atoms with Crippen LogP contribution in [0.2, 0.25) is 0 Å². The lowest BCUT2D eigenvalue weighted by Gasteiger charge is -2.49. The lowest BCUT2D eigenvalue weighted by atomic mass is 9.55. The van der Waals surface area contributed by atoms with Crippen LogP contribution < -0.4 is 0 Å². The quantitative estimate of drug-likeness (QED) is 0.172. The molecule has 3 rings (SSSR count). The maximum absolute atomic E-state index is 14.1. The molecule has 0 heterocycles. The Morgan fingerprint density at radius 2 is 1.80 bits per heavy atom. The molecule has 0 spiro atoms. The monoisotopic (exact) mass is 578 g/mol.